The van der Waals surface area contributed by atoms with Gasteiger partial charge in [0.1, 0.15) is 0 Å². The molecule has 0 N–H and O–H groups in total. The summed E-state index contributed by atoms with van der Waals surface area (Å²) >= 11 is 0. The molecule has 1 saturated heterocycles. The summed E-state index contributed by atoms with van der Waals surface area (Å²) in [6.07, 6.45) is 6.50. The van der Waals surface area contributed by atoms with Gasteiger partial charge >= 0.3 is 0 Å². The molecule has 0 unspecified atom stereocenters. The lowest BCUT2D eigenvalue weighted by atomic mass is 9.95. The van der Waals surface area contributed by atoms with Crippen molar-refractivity contribution in [3.63, 3.8) is 0 Å². The number of hydrogen-bond acceptors (Lipinski definition) is 6. The number of hydrogen-bond donors (Lipinski definition) is 0. The van der Waals surface area contributed by atoms with Crippen molar-refractivity contribution in [3.8, 4) is 11.3 Å². The van der Waals surface area contributed by atoms with Gasteiger partial charge in [-0.2, -0.15) is 4.98 Å². The maximum atomic E-state index is 13.4. The number of amides is 1. The van der Waals surface area contributed by atoms with Crippen LogP contribution in [-0.2, 0) is 0 Å². The lowest BCUT2D eigenvalue weighted by molar-refractivity contribution is 0.0712. The number of pyridine rings is 2. The molecule has 0 radical (unpaired) electrons. The largest absolute Gasteiger partial charge is 0.343 e. The van der Waals surface area contributed by atoms with E-state index in [0.717, 1.165) is 40.8 Å². The molecule has 29 heavy (non-hydrogen) atoms. The molecule has 1 aliphatic heterocycles. The Bertz CT molecular complexity index is 1140. The highest BCUT2D eigenvalue weighted by atomic mass is 16.5. The monoisotopic (exact) mass is 385 g/mol. The van der Waals surface area contributed by atoms with E-state index in [1.165, 1.54) is 6.39 Å². The van der Waals surface area contributed by atoms with Gasteiger partial charge in [0, 0.05) is 42.4 Å². The number of carbonyl (C=O) groups is 1. The van der Waals surface area contributed by atoms with Crippen LogP contribution in [0.1, 0.15) is 34.9 Å². The summed E-state index contributed by atoms with van der Waals surface area (Å²) in [6.45, 7) is 1.33. The van der Waals surface area contributed by atoms with Crippen molar-refractivity contribution in [1.29, 1.82) is 0 Å². The molecular weight excluding hydrogens is 366 g/mol. The van der Waals surface area contributed by atoms with Crippen LogP contribution in [0, 0.1) is 0 Å². The molecule has 5 rings (SSSR count). The Morgan fingerprint density at radius 2 is 1.97 bits per heavy atom. The van der Waals surface area contributed by atoms with Gasteiger partial charge in [-0.3, -0.25) is 9.78 Å². The highest BCUT2D eigenvalue weighted by Gasteiger charge is 2.28. The summed E-state index contributed by atoms with van der Waals surface area (Å²) in [5.41, 5.74) is 3.12. The summed E-state index contributed by atoms with van der Waals surface area (Å²) in [5.74, 6) is 0.989. The first-order chi connectivity index (χ1) is 14.3. The number of fused-ring (bicyclic) bond motifs is 1. The molecule has 4 aromatic rings. The smallest absolute Gasteiger partial charge is 0.254 e. The molecule has 1 fully saturated rings. The molecule has 0 aliphatic carbocycles. The Hall–Kier alpha value is -3.61. The van der Waals surface area contributed by atoms with E-state index in [-0.39, 0.29) is 11.8 Å². The lowest BCUT2D eigenvalue weighted by Crippen LogP contribution is -2.38. The molecule has 0 bridgehead atoms. The average molecular weight is 385 g/mol. The molecule has 7 nitrogen and oxygen atoms in total. The van der Waals surface area contributed by atoms with Crippen molar-refractivity contribution in [2.75, 3.05) is 13.1 Å². The number of likely N-dealkylation sites (tertiary alicyclic amines) is 1. The summed E-state index contributed by atoms with van der Waals surface area (Å²) in [7, 11) is 0. The number of benzene rings is 1. The van der Waals surface area contributed by atoms with Crippen molar-refractivity contribution in [2.45, 2.75) is 18.8 Å². The SMILES string of the molecule is O=C(c1cc(-c2cccnc2)nc2ccccc12)N1CCC(c2ncon2)CC1. The average Bonchev–Trinajstić information content (AvgIpc) is 3.34. The predicted octanol–water partition coefficient (Wildman–Crippen LogP) is 3.70. The topological polar surface area (TPSA) is 85.0 Å². The van der Waals surface area contributed by atoms with Gasteiger partial charge in [0.25, 0.3) is 5.91 Å². The van der Waals surface area contributed by atoms with Gasteiger partial charge < -0.3 is 9.42 Å². The second-order valence-corrected chi connectivity index (χ2v) is 7.17. The Morgan fingerprint density at radius 1 is 1.10 bits per heavy atom. The van der Waals surface area contributed by atoms with E-state index < -0.39 is 0 Å². The Morgan fingerprint density at radius 3 is 2.72 bits per heavy atom. The van der Waals surface area contributed by atoms with E-state index in [4.69, 9.17) is 9.51 Å². The Kier molecular flexibility index (Phi) is 4.48. The summed E-state index contributed by atoms with van der Waals surface area (Å²) in [5, 5.41) is 4.82. The minimum atomic E-state index is 0.0281. The van der Waals surface area contributed by atoms with E-state index >= 15 is 0 Å². The van der Waals surface area contributed by atoms with Crippen molar-refractivity contribution in [3.05, 3.63) is 72.6 Å². The number of nitrogens with zero attached hydrogens (tertiary/aromatic N) is 5. The Labute approximate surface area is 167 Å². The van der Waals surface area contributed by atoms with Gasteiger partial charge in [-0.1, -0.05) is 23.4 Å². The highest BCUT2D eigenvalue weighted by Crippen LogP contribution is 2.29. The van der Waals surface area contributed by atoms with Gasteiger partial charge in [-0.05, 0) is 37.1 Å². The van der Waals surface area contributed by atoms with Gasteiger partial charge in [0.15, 0.2) is 5.82 Å². The normalized spacial score (nSPS) is 15.0. The second kappa shape index (κ2) is 7.43. The zero-order valence-corrected chi connectivity index (χ0v) is 15.7. The van der Waals surface area contributed by atoms with Crippen LogP contribution >= 0.6 is 0 Å². The van der Waals surface area contributed by atoms with E-state index in [1.54, 1.807) is 12.4 Å². The minimum absolute atomic E-state index is 0.0281. The van der Waals surface area contributed by atoms with Crippen LogP contribution in [0.3, 0.4) is 0 Å². The van der Waals surface area contributed by atoms with E-state index in [1.807, 2.05) is 47.4 Å². The fourth-order valence-electron chi connectivity index (χ4n) is 3.88. The van der Waals surface area contributed by atoms with Gasteiger partial charge in [-0.25, -0.2) is 4.98 Å². The summed E-state index contributed by atoms with van der Waals surface area (Å²) < 4.78 is 4.86. The number of para-hydroxylation sites is 1. The molecule has 1 aliphatic rings. The third-order valence-electron chi connectivity index (χ3n) is 5.43. The molecule has 144 valence electrons. The molecule has 0 saturated carbocycles. The number of piperidine rings is 1. The molecule has 4 heterocycles. The maximum Gasteiger partial charge on any atom is 0.254 e. The van der Waals surface area contributed by atoms with Crippen molar-refractivity contribution in [2.24, 2.45) is 0 Å². The Balaban J connectivity index is 1.47. The number of carbonyl (C=O) groups excluding carboxylic acids is 1. The van der Waals surface area contributed by atoms with Gasteiger partial charge in [-0.15, -0.1) is 0 Å². The first-order valence-corrected chi connectivity index (χ1v) is 9.65. The van der Waals surface area contributed by atoms with Crippen LogP contribution in [0.15, 0.2) is 65.8 Å². The zero-order chi connectivity index (χ0) is 19.6. The first kappa shape index (κ1) is 17.5. The molecule has 1 aromatic carbocycles. The van der Waals surface area contributed by atoms with Crippen molar-refractivity contribution < 1.29 is 9.32 Å². The summed E-state index contributed by atoms with van der Waals surface area (Å²) in [4.78, 5) is 28.4. The maximum absolute atomic E-state index is 13.4. The van der Waals surface area contributed by atoms with E-state index in [9.17, 15) is 4.79 Å². The van der Waals surface area contributed by atoms with Crippen molar-refractivity contribution in [1.82, 2.24) is 25.0 Å². The fraction of sp³-hybridized carbons (Fsp3) is 0.227. The molecular formula is C22H19N5O2. The zero-order valence-electron chi connectivity index (χ0n) is 15.7. The second-order valence-electron chi connectivity index (χ2n) is 7.17. The van der Waals surface area contributed by atoms with E-state index in [0.29, 0.717) is 18.7 Å². The van der Waals surface area contributed by atoms with Crippen LogP contribution in [0.5, 0.6) is 0 Å². The third-order valence-corrected chi connectivity index (χ3v) is 5.43. The van der Waals surface area contributed by atoms with Crippen LogP contribution in [0.2, 0.25) is 0 Å². The highest BCUT2D eigenvalue weighted by molar-refractivity contribution is 6.07. The summed E-state index contributed by atoms with van der Waals surface area (Å²) in [6, 6.07) is 13.5. The molecule has 7 heteroatoms. The minimum Gasteiger partial charge on any atom is -0.343 e. The predicted molar refractivity (Wildman–Crippen MR) is 107 cm³/mol. The molecule has 0 atom stereocenters. The number of aromatic nitrogens is 4. The quantitative estimate of drug-likeness (QED) is 0.535. The van der Waals surface area contributed by atoms with E-state index in [2.05, 4.69) is 15.1 Å². The fourth-order valence-corrected chi connectivity index (χ4v) is 3.88. The van der Waals surface area contributed by atoms with Gasteiger partial charge in [0.05, 0.1) is 16.8 Å². The van der Waals surface area contributed by atoms with Crippen LogP contribution < -0.4 is 0 Å². The van der Waals surface area contributed by atoms with Crippen LogP contribution in [0.4, 0.5) is 0 Å². The lowest BCUT2D eigenvalue weighted by Gasteiger charge is -2.31. The number of rotatable bonds is 3. The van der Waals surface area contributed by atoms with Crippen LogP contribution in [-0.4, -0.2) is 44.0 Å². The molecule has 0 spiro atoms. The standard InChI is InChI=1S/C22H19N5O2/c28-22(27-10-7-15(8-11-27)21-24-14-29-26-21)18-12-20(16-4-3-9-23-13-16)25-19-6-2-1-5-17(18)19/h1-6,9,12-15H,7-8,10-11H2. The van der Waals surface area contributed by atoms with Crippen molar-refractivity contribution >= 4 is 16.8 Å². The first-order valence-electron chi connectivity index (χ1n) is 9.65. The third kappa shape index (κ3) is 3.35. The molecule has 3 aromatic heterocycles. The molecule has 1 amide bonds. The van der Waals surface area contributed by atoms with Crippen LogP contribution in [0.25, 0.3) is 22.2 Å². The van der Waals surface area contributed by atoms with Gasteiger partial charge in [0.2, 0.25) is 6.39 Å².